The zero-order valence-electron chi connectivity index (χ0n) is 16.8. The molecule has 0 radical (unpaired) electrons. The van der Waals surface area contributed by atoms with Gasteiger partial charge in [0.2, 0.25) is 5.91 Å². The van der Waals surface area contributed by atoms with Crippen molar-refractivity contribution in [2.24, 2.45) is 0 Å². The summed E-state index contributed by atoms with van der Waals surface area (Å²) in [4.78, 5) is 40.8. The molecule has 0 bridgehead atoms. The second kappa shape index (κ2) is 7.09. The summed E-state index contributed by atoms with van der Waals surface area (Å²) in [5, 5.41) is 4.52. The minimum atomic E-state index is -3.15. The van der Waals surface area contributed by atoms with Gasteiger partial charge in [0, 0.05) is 13.1 Å². The van der Waals surface area contributed by atoms with Crippen LogP contribution in [-0.4, -0.2) is 67.2 Å². The number of hydrogen-bond donors (Lipinski definition) is 1. The number of hydrogen-bond acceptors (Lipinski definition) is 5. The van der Waals surface area contributed by atoms with Crippen LogP contribution in [0.4, 0.5) is 4.79 Å². The zero-order chi connectivity index (χ0) is 21.7. The van der Waals surface area contributed by atoms with Gasteiger partial charge in [-0.2, -0.15) is 0 Å². The number of nitrogens with one attached hydrogen (secondary N) is 1. The van der Waals surface area contributed by atoms with Gasteiger partial charge in [-0.25, -0.2) is 13.2 Å². The number of nitrogens with zero attached hydrogens (tertiary/aromatic N) is 2. The fourth-order valence-corrected chi connectivity index (χ4v) is 5.99. The topological polar surface area (TPSA) is 104 Å². The van der Waals surface area contributed by atoms with Crippen molar-refractivity contribution in [3.8, 4) is 0 Å². The summed E-state index contributed by atoms with van der Waals surface area (Å²) in [5.74, 6) is -1.03. The van der Waals surface area contributed by atoms with Gasteiger partial charge >= 0.3 is 6.03 Å². The normalized spacial score (nSPS) is 25.5. The van der Waals surface area contributed by atoms with Gasteiger partial charge in [-0.15, -0.1) is 0 Å². The van der Waals surface area contributed by atoms with Crippen LogP contribution in [0.1, 0.15) is 18.9 Å². The van der Waals surface area contributed by atoms with Gasteiger partial charge in [-0.05, 0) is 29.7 Å². The SMILES string of the molecule is CN(C(=O)CN1C(=O)N[C@](C)(c2cccc3ccccc23)C1=O)[C@H]1CCS(=O)(=O)C1. The van der Waals surface area contributed by atoms with E-state index in [9.17, 15) is 22.8 Å². The summed E-state index contributed by atoms with van der Waals surface area (Å²) in [6.07, 6.45) is 0.360. The van der Waals surface area contributed by atoms with Crippen molar-refractivity contribution in [3.63, 3.8) is 0 Å². The number of rotatable bonds is 4. The Balaban J connectivity index is 1.57. The average Bonchev–Trinajstić information content (AvgIpc) is 3.18. The first kappa shape index (κ1) is 20.3. The van der Waals surface area contributed by atoms with Crippen molar-refractivity contribution in [2.75, 3.05) is 25.1 Å². The first-order valence-corrected chi connectivity index (χ1v) is 11.5. The lowest BCUT2D eigenvalue weighted by atomic mass is 9.88. The van der Waals surface area contributed by atoms with Crippen molar-refractivity contribution in [2.45, 2.75) is 24.9 Å². The molecule has 4 amide bonds. The Hall–Kier alpha value is -2.94. The molecule has 0 unspecified atom stereocenters. The Bertz CT molecular complexity index is 1160. The Morgan fingerprint density at radius 2 is 1.90 bits per heavy atom. The fourth-order valence-electron chi connectivity index (χ4n) is 4.22. The largest absolute Gasteiger partial charge is 0.340 e. The first-order chi connectivity index (χ1) is 14.1. The minimum Gasteiger partial charge on any atom is -0.340 e. The van der Waals surface area contributed by atoms with E-state index < -0.39 is 45.8 Å². The lowest BCUT2D eigenvalue weighted by molar-refractivity contribution is -0.139. The van der Waals surface area contributed by atoms with Gasteiger partial charge in [-0.3, -0.25) is 14.5 Å². The number of amides is 4. The number of fused-ring (bicyclic) bond motifs is 1. The molecule has 158 valence electrons. The smallest absolute Gasteiger partial charge is 0.325 e. The third kappa shape index (κ3) is 3.32. The molecule has 4 rings (SSSR count). The molecule has 0 spiro atoms. The monoisotopic (exact) mass is 429 g/mol. The molecule has 8 nitrogen and oxygen atoms in total. The summed E-state index contributed by atoms with van der Waals surface area (Å²) in [6.45, 7) is 1.20. The Morgan fingerprint density at radius 3 is 2.60 bits per heavy atom. The Labute approximate surface area is 174 Å². The summed E-state index contributed by atoms with van der Waals surface area (Å²) < 4.78 is 23.4. The second-order valence-corrected chi connectivity index (χ2v) is 10.3. The molecular weight excluding hydrogens is 406 g/mol. The predicted molar refractivity (Wildman–Crippen MR) is 111 cm³/mol. The molecule has 30 heavy (non-hydrogen) atoms. The van der Waals surface area contributed by atoms with Crippen LogP contribution in [0, 0.1) is 0 Å². The molecule has 1 N–H and O–H groups in total. The van der Waals surface area contributed by atoms with Crippen LogP contribution < -0.4 is 5.32 Å². The van der Waals surface area contributed by atoms with E-state index in [1.165, 1.54) is 11.9 Å². The lowest BCUT2D eigenvalue weighted by Crippen LogP contribution is -2.46. The van der Waals surface area contributed by atoms with Gasteiger partial charge in [0.25, 0.3) is 5.91 Å². The maximum absolute atomic E-state index is 13.2. The predicted octanol–water partition coefficient (Wildman–Crippen LogP) is 1.25. The van der Waals surface area contributed by atoms with Crippen LogP contribution in [0.3, 0.4) is 0 Å². The molecule has 2 heterocycles. The Kier molecular flexibility index (Phi) is 4.80. The van der Waals surface area contributed by atoms with E-state index in [0.29, 0.717) is 12.0 Å². The number of urea groups is 1. The standard InChI is InChI=1S/C21H23N3O5S/c1-21(17-9-5-7-14-6-3-4-8-16(14)17)19(26)24(20(27)22-21)12-18(25)23(2)15-10-11-30(28,29)13-15/h3-9,15H,10-13H2,1-2H3,(H,22,27)/t15-,21+/m0/s1. The molecule has 9 heteroatoms. The lowest BCUT2D eigenvalue weighted by Gasteiger charge is -2.26. The van der Waals surface area contributed by atoms with Crippen LogP contribution in [0.5, 0.6) is 0 Å². The molecule has 2 saturated heterocycles. The quantitative estimate of drug-likeness (QED) is 0.737. The second-order valence-electron chi connectivity index (χ2n) is 8.03. The van der Waals surface area contributed by atoms with Gasteiger partial charge in [0.05, 0.1) is 11.5 Å². The number of likely N-dealkylation sites (N-methyl/N-ethyl adjacent to an activating group) is 1. The van der Waals surface area contributed by atoms with Crippen molar-refractivity contribution in [3.05, 3.63) is 48.0 Å². The van der Waals surface area contributed by atoms with Gasteiger partial charge < -0.3 is 10.2 Å². The van der Waals surface area contributed by atoms with E-state index in [1.54, 1.807) is 13.0 Å². The number of benzene rings is 2. The molecule has 2 aromatic carbocycles. The molecule has 0 aromatic heterocycles. The van der Waals surface area contributed by atoms with E-state index in [-0.39, 0.29) is 11.5 Å². The third-order valence-electron chi connectivity index (χ3n) is 6.05. The molecule has 0 aliphatic carbocycles. The van der Waals surface area contributed by atoms with Gasteiger partial charge in [0.1, 0.15) is 12.1 Å². The highest BCUT2D eigenvalue weighted by atomic mass is 32.2. The zero-order valence-corrected chi connectivity index (χ0v) is 17.6. The highest BCUT2D eigenvalue weighted by Crippen LogP contribution is 2.33. The third-order valence-corrected chi connectivity index (χ3v) is 7.80. The van der Waals surface area contributed by atoms with Crippen LogP contribution >= 0.6 is 0 Å². The number of carbonyl (C=O) groups is 3. The van der Waals surface area contributed by atoms with Crippen molar-refractivity contribution in [1.82, 2.24) is 15.1 Å². The summed E-state index contributed by atoms with van der Waals surface area (Å²) in [7, 11) is -1.64. The van der Waals surface area contributed by atoms with Crippen molar-refractivity contribution in [1.29, 1.82) is 0 Å². The summed E-state index contributed by atoms with van der Waals surface area (Å²) >= 11 is 0. The highest BCUT2D eigenvalue weighted by Gasteiger charge is 2.50. The minimum absolute atomic E-state index is 0.0393. The van der Waals surface area contributed by atoms with Crippen LogP contribution in [-0.2, 0) is 25.0 Å². The van der Waals surface area contributed by atoms with E-state index in [1.807, 2.05) is 36.4 Å². The first-order valence-electron chi connectivity index (χ1n) is 9.71. The average molecular weight is 429 g/mol. The van der Waals surface area contributed by atoms with Crippen LogP contribution in [0.2, 0.25) is 0 Å². The van der Waals surface area contributed by atoms with Gasteiger partial charge in [-0.1, -0.05) is 42.5 Å². The molecular formula is C21H23N3O5S. The molecule has 2 aliphatic heterocycles. The van der Waals surface area contributed by atoms with Gasteiger partial charge in [0.15, 0.2) is 9.84 Å². The highest BCUT2D eigenvalue weighted by molar-refractivity contribution is 7.91. The Morgan fingerprint density at radius 1 is 1.20 bits per heavy atom. The number of carbonyl (C=O) groups excluding carboxylic acids is 3. The van der Waals surface area contributed by atoms with E-state index in [0.717, 1.165) is 15.7 Å². The van der Waals surface area contributed by atoms with E-state index >= 15 is 0 Å². The molecule has 2 aliphatic rings. The maximum atomic E-state index is 13.2. The summed E-state index contributed by atoms with van der Waals surface area (Å²) in [6, 6.07) is 12.0. The number of imide groups is 1. The van der Waals surface area contributed by atoms with E-state index in [2.05, 4.69) is 5.32 Å². The molecule has 2 aromatic rings. The van der Waals surface area contributed by atoms with Crippen LogP contribution in [0.15, 0.2) is 42.5 Å². The van der Waals surface area contributed by atoms with Crippen LogP contribution in [0.25, 0.3) is 10.8 Å². The molecule has 0 saturated carbocycles. The molecule has 2 fully saturated rings. The molecule has 2 atom stereocenters. The maximum Gasteiger partial charge on any atom is 0.325 e. The number of sulfone groups is 1. The fraction of sp³-hybridized carbons (Fsp3) is 0.381. The summed E-state index contributed by atoms with van der Waals surface area (Å²) in [5.41, 5.74) is -0.642. The van der Waals surface area contributed by atoms with Crippen molar-refractivity contribution < 1.29 is 22.8 Å². The van der Waals surface area contributed by atoms with E-state index in [4.69, 9.17) is 0 Å². The van der Waals surface area contributed by atoms with Crippen molar-refractivity contribution >= 4 is 38.5 Å².